The van der Waals surface area contributed by atoms with Crippen LogP contribution in [-0.2, 0) is 29.3 Å². The van der Waals surface area contributed by atoms with Gasteiger partial charge in [-0.1, -0.05) is 66.7 Å². The van der Waals surface area contributed by atoms with Gasteiger partial charge in [0, 0.05) is 38.1 Å². The second-order valence-corrected chi connectivity index (χ2v) is 13.5. The molecule has 7 atom stereocenters. The van der Waals surface area contributed by atoms with E-state index < -0.39 is 71.1 Å². The van der Waals surface area contributed by atoms with Crippen molar-refractivity contribution in [3.63, 3.8) is 0 Å². The topological polar surface area (TPSA) is 174 Å². The molecule has 0 bridgehead atoms. The van der Waals surface area contributed by atoms with E-state index in [9.17, 15) is 19.2 Å². The molecule has 0 amide bonds. The summed E-state index contributed by atoms with van der Waals surface area (Å²) in [5, 5.41) is 0. The summed E-state index contributed by atoms with van der Waals surface area (Å²) in [6, 6.07) is 26.7. The highest BCUT2D eigenvalue weighted by atomic mass is 19.1. The fourth-order valence-corrected chi connectivity index (χ4v) is 7.24. The second-order valence-electron chi connectivity index (χ2n) is 13.5. The van der Waals surface area contributed by atoms with E-state index in [-0.39, 0.29) is 13.2 Å². The van der Waals surface area contributed by atoms with E-state index in [2.05, 4.69) is 9.97 Å². The van der Waals surface area contributed by atoms with Crippen LogP contribution in [0.25, 0.3) is 0 Å². The molecule has 0 aliphatic carbocycles. The normalized spacial score (nSPS) is 23.3. The maximum absolute atomic E-state index is 16.6. The zero-order valence-electron chi connectivity index (χ0n) is 31.8. The summed E-state index contributed by atoms with van der Waals surface area (Å²) in [7, 11) is 4.62. The van der Waals surface area contributed by atoms with Gasteiger partial charge in [0.15, 0.2) is 18.6 Å². The lowest BCUT2D eigenvalue weighted by Crippen LogP contribution is -2.40. The van der Waals surface area contributed by atoms with Crippen molar-refractivity contribution in [2.45, 2.75) is 48.6 Å². The molecule has 303 valence electrons. The van der Waals surface area contributed by atoms with Crippen molar-refractivity contribution < 1.29 is 37.5 Å². The smallest absolute Gasteiger partial charge is 0.330 e. The Bertz CT molecular complexity index is 2370. The number of ether oxygens (including phenoxy) is 7. The summed E-state index contributed by atoms with van der Waals surface area (Å²) in [6.45, 7) is -0.339. The van der Waals surface area contributed by atoms with Crippen molar-refractivity contribution in [3.8, 4) is 11.5 Å². The number of hydrogen-bond acceptors (Lipinski definition) is 11. The first-order valence-corrected chi connectivity index (χ1v) is 18.4. The van der Waals surface area contributed by atoms with Crippen molar-refractivity contribution in [3.05, 3.63) is 180 Å². The Morgan fingerprint density at radius 1 is 0.724 bits per heavy atom. The lowest BCUT2D eigenvalue weighted by Gasteiger charge is -2.37. The molecule has 0 spiro atoms. The average molecular weight is 798 g/mol. The van der Waals surface area contributed by atoms with Gasteiger partial charge in [0.25, 0.3) is 11.1 Å². The maximum Gasteiger partial charge on any atom is 0.330 e. The number of aromatic amines is 2. The van der Waals surface area contributed by atoms with E-state index in [4.69, 9.17) is 33.2 Å². The van der Waals surface area contributed by atoms with Gasteiger partial charge in [0.1, 0.15) is 35.4 Å². The first kappa shape index (κ1) is 40.3. The Balaban J connectivity index is 1.18. The molecule has 1 radical (unpaired) electrons. The summed E-state index contributed by atoms with van der Waals surface area (Å²) in [5.74, 6) is 1.27. The molecule has 58 heavy (non-hydrogen) atoms. The highest BCUT2D eigenvalue weighted by molar-refractivity contribution is 5.49. The predicted molar refractivity (Wildman–Crippen MR) is 208 cm³/mol. The Kier molecular flexibility index (Phi) is 12.3. The fraction of sp³-hybridized carbons (Fsp3) is 0.310. The molecule has 2 fully saturated rings. The second kappa shape index (κ2) is 17.7. The quantitative estimate of drug-likeness (QED) is 0.117. The van der Waals surface area contributed by atoms with Crippen LogP contribution in [0.3, 0.4) is 0 Å². The number of halogens is 1. The zero-order chi connectivity index (χ0) is 40.8. The van der Waals surface area contributed by atoms with Gasteiger partial charge in [-0.15, -0.1) is 0 Å². The van der Waals surface area contributed by atoms with Gasteiger partial charge in [0.05, 0.1) is 33.5 Å². The van der Waals surface area contributed by atoms with Gasteiger partial charge in [-0.05, 0) is 41.0 Å². The van der Waals surface area contributed by atoms with Gasteiger partial charge in [-0.3, -0.25) is 28.7 Å². The highest BCUT2D eigenvalue weighted by Gasteiger charge is 2.49. The van der Waals surface area contributed by atoms with E-state index in [0.29, 0.717) is 11.5 Å². The largest absolute Gasteiger partial charge is 0.497 e. The highest BCUT2D eigenvalue weighted by Crippen LogP contribution is 2.43. The summed E-state index contributed by atoms with van der Waals surface area (Å²) in [6.07, 6.45) is -0.301. The molecule has 0 unspecified atom stereocenters. The number of methoxy groups -OCH3 is 3. The van der Waals surface area contributed by atoms with Crippen molar-refractivity contribution in [1.82, 2.24) is 19.1 Å². The van der Waals surface area contributed by atoms with Crippen LogP contribution in [0, 0.1) is 6.42 Å². The molecule has 2 aliphatic rings. The number of benzene rings is 3. The molecule has 4 heterocycles. The van der Waals surface area contributed by atoms with Gasteiger partial charge < -0.3 is 33.2 Å². The van der Waals surface area contributed by atoms with E-state index in [1.807, 2.05) is 78.9 Å². The SMILES string of the molecule is COc1ccc(C(OC[C@H]2O[C@@H](n3ccc(=O)[nH]c3=O)[C@H](F)[C@@H]2OC/C=C\[C@H]2[CH][C@@H](OC)[C@H](n3ccc(=O)[nH]c3=O)O2)(c2ccccc2)c2ccc(OC)cc2)cc1. The lowest BCUT2D eigenvalue weighted by atomic mass is 9.80. The Labute approximate surface area is 331 Å². The third kappa shape index (κ3) is 8.23. The minimum absolute atomic E-state index is 0.117. The van der Waals surface area contributed by atoms with E-state index in [1.54, 1.807) is 32.8 Å². The molecule has 7 rings (SSSR count). The Morgan fingerprint density at radius 3 is 1.81 bits per heavy atom. The van der Waals surface area contributed by atoms with Crippen LogP contribution in [0.2, 0.25) is 0 Å². The summed E-state index contributed by atoms with van der Waals surface area (Å²) < 4.78 is 60.7. The number of alkyl halides is 1. The molecule has 16 heteroatoms. The molecule has 2 saturated heterocycles. The number of aromatic nitrogens is 4. The molecule has 0 saturated carbocycles. The zero-order valence-corrected chi connectivity index (χ0v) is 31.8. The standard InChI is InChI=1S/C42H42FN4O11/c1-52-29-15-11-27(12-16-29)42(26-8-5-4-6-9-26,28-13-17-30(53-2)18-14-28)56-25-33-37(36(43)39(58-33)47-22-20-35(49)45-41(47)51)55-23-7-10-31-24-32(54-3)38(57-31)46-21-19-34(48)44-40(46)50/h4-22,24,31-33,36-39H,23,25H2,1-3H3,(H,44,48,50)(H,45,49,51)/b10-7-/t31-,32+,33+,36+,37+,38+,39+/m0/s1. The molecule has 15 nitrogen and oxygen atoms in total. The van der Waals surface area contributed by atoms with Crippen LogP contribution in [0.1, 0.15) is 29.1 Å². The average Bonchev–Trinajstić information content (AvgIpc) is 3.80. The summed E-state index contributed by atoms with van der Waals surface area (Å²) >= 11 is 0. The minimum Gasteiger partial charge on any atom is -0.497 e. The van der Waals surface area contributed by atoms with Gasteiger partial charge in [-0.25, -0.2) is 14.0 Å². The van der Waals surface area contributed by atoms with Crippen molar-refractivity contribution in [2.75, 3.05) is 34.5 Å². The van der Waals surface area contributed by atoms with Crippen molar-refractivity contribution >= 4 is 0 Å². The lowest BCUT2D eigenvalue weighted by molar-refractivity contribution is -0.102. The number of nitrogens with zero attached hydrogens (tertiary/aromatic N) is 2. The number of hydrogen-bond donors (Lipinski definition) is 2. The fourth-order valence-electron chi connectivity index (χ4n) is 7.24. The van der Waals surface area contributed by atoms with E-state index in [1.165, 1.54) is 30.1 Å². The van der Waals surface area contributed by atoms with Gasteiger partial charge in [0.2, 0.25) is 0 Å². The monoisotopic (exact) mass is 797 g/mol. The van der Waals surface area contributed by atoms with Crippen LogP contribution in [0.4, 0.5) is 4.39 Å². The first-order valence-electron chi connectivity index (χ1n) is 18.4. The number of rotatable bonds is 15. The molecule has 2 aliphatic heterocycles. The number of nitrogens with one attached hydrogen (secondary N) is 2. The van der Waals surface area contributed by atoms with Crippen molar-refractivity contribution in [2.24, 2.45) is 0 Å². The molecule has 2 N–H and O–H groups in total. The Morgan fingerprint density at radius 2 is 1.28 bits per heavy atom. The predicted octanol–water partition coefficient (Wildman–Crippen LogP) is 3.41. The molecule has 5 aromatic rings. The third-order valence-electron chi connectivity index (χ3n) is 10.1. The van der Waals surface area contributed by atoms with Crippen LogP contribution >= 0.6 is 0 Å². The maximum atomic E-state index is 16.6. The van der Waals surface area contributed by atoms with E-state index >= 15 is 4.39 Å². The summed E-state index contributed by atoms with van der Waals surface area (Å²) in [5.41, 5.74) is -1.74. The van der Waals surface area contributed by atoms with Crippen LogP contribution in [0.15, 0.2) is 135 Å². The van der Waals surface area contributed by atoms with Crippen LogP contribution in [-0.4, -0.2) is 84.2 Å². The minimum atomic E-state index is -1.89. The molecule has 3 aromatic carbocycles. The van der Waals surface area contributed by atoms with Crippen LogP contribution in [0.5, 0.6) is 11.5 Å². The van der Waals surface area contributed by atoms with Gasteiger partial charge >= 0.3 is 11.4 Å². The van der Waals surface area contributed by atoms with Gasteiger partial charge in [-0.2, -0.15) is 0 Å². The first-order chi connectivity index (χ1) is 28.1. The third-order valence-corrected chi connectivity index (χ3v) is 10.1. The molecular formula is C42H42FN4O11. The van der Waals surface area contributed by atoms with Crippen LogP contribution < -0.4 is 32.0 Å². The molecule has 2 aromatic heterocycles. The van der Waals surface area contributed by atoms with Crippen molar-refractivity contribution in [1.29, 1.82) is 0 Å². The number of H-pyrrole nitrogens is 2. The van der Waals surface area contributed by atoms with E-state index in [0.717, 1.165) is 27.3 Å². The molecular weight excluding hydrogens is 755 g/mol. The summed E-state index contributed by atoms with van der Waals surface area (Å²) in [4.78, 5) is 53.2. The Hall–Kier alpha value is -5.91.